The number of nitrogens with one attached hydrogen (secondary N) is 1. The molecular weight excluding hydrogens is 381 g/mol. The summed E-state index contributed by atoms with van der Waals surface area (Å²) in [7, 11) is 0. The van der Waals surface area contributed by atoms with E-state index < -0.39 is 17.5 Å². The van der Waals surface area contributed by atoms with E-state index >= 15 is 0 Å². The number of amides is 1. The summed E-state index contributed by atoms with van der Waals surface area (Å²) >= 11 is 5.91. The molecule has 0 aliphatic carbocycles. The van der Waals surface area contributed by atoms with E-state index in [1.165, 1.54) is 12.1 Å². The molecule has 0 bridgehead atoms. The first-order chi connectivity index (χ1) is 13.2. The smallest absolute Gasteiger partial charge is 0.407 e. The molecule has 0 fully saturated rings. The molecule has 1 amide bonds. The van der Waals surface area contributed by atoms with Crippen molar-refractivity contribution in [2.75, 3.05) is 0 Å². The van der Waals surface area contributed by atoms with E-state index in [2.05, 4.69) is 10.4 Å². The zero-order chi connectivity index (χ0) is 20.3. The quantitative estimate of drug-likeness (QED) is 0.640. The summed E-state index contributed by atoms with van der Waals surface area (Å²) in [5.41, 5.74) is 2.31. The minimum Gasteiger partial charge on any atom is -0.444 e. The van der Waals surface area contributed by atoms with Crippen molar-refractivity contribution in [1.82, 2.24) is 15.1 Å². The monoisotopic (exact) mass is 401 g/mol. The predicted octanol–water partition coefficient (Wildman–Crippen LogP) is 5.36. The Morgan fingerprint density at radius 3 is 2.57 bits per heavy atom. The molecule has 3 rings (SSSR count). The number of carbonyl (C=O) groups excluding carboxylic acids is 1. The fourth-order valence-corrected chi connectivity index (χ4v) is 2.74. The lowest BCUT2D eigenvalue weighted by Crippen LogP contribution is -2.32. The number of rotatable bonds is 4. The molecule has 0 saturated heterocycles. The van der Waals surface area contributed by atoms with Crippen molar-refractivity contribution in [1.29, 1.82) is 0 Å². The first kappa shape index (κ1) is 19.9. The summed E-state index contributed by atoms with van der Waals surface area (Å²) in [5, 5.41) is 7.61. The van der Waals surface area contributed by atoms with Gasteiger partial charge in [-0.25, -0.2) is 13.9 Å². The van der Waals surface area contributed by atoms with Gasteiger partial charge in [0, 0.05) is 23.3 Å². The van der Waals surface area contributed by atoms with E-state index in [1.54, 1.807) is 43.8 Å². The largest absolute Gasteiger partial charge is 0.444 e. The van der Waals surface area contributed by atoms with Crippen LogP contribution in [0.4, 0.5) is 9.18 Å². The number of hydrogen-bond acceptors (Lipinski definition) is 3. The number of benzene rings is 2. The lowest BCUT2D eigenvalue weighted by molar-refractivity contribution is 0.0523. The second-order valence-corrected chi connectivity index (χ2v) is 7.79. The Hall–Kier alpha value is -2.86. The number of alkyl carbamates (subject to hydrolysis) is 1. The van der Waals surface area contributed by atoms with Crippen LogP contribution in [-0.2, 0) is 11.3 Å². The van der Waals surface area contributed by atoms with Crippen LogP contribution in [0.25, 0.3) is 16.8 Å². The van der Waals surface area contributed by atoms with Gasteiger partial charge in [-0.1, -0.05) is 11.6 Å². The molecule has 28 heavy (non-hydrogen) atoms. The van der Waals surface area contributed by atoms with Gasteiger partial charge >= 0.3 is 6.09 Å². The van der Waals surface area contributed by atoms with Gasteiger partial charge in [-0.3, -0.25) is 0 Å². The SMILES string of the molecule is CC(C)(C)OC(=O)NCc1cc(F)cc(-c2cnn(-c3ccc(Cl)cc3)c2)c1. The topological polar surface area (TPSA) is 56.1 Å². The van der Waals surface area contributed by atoms with Crippen LogP contribution in [0.5, 0.6) is 0 Å². The number of aromatic nitrogens is 2. The Balaban J connectivity index is 1.76. The summed E-state index contributed by atoms with van der Waals surface area (Å²) in [4.78, 5) is 11.8. The molecule has 1 N–H and O–H groups in total. The van der Waals surface area contributed by atoms with Crippen LogP contribution in [0.15, 0.2) is 54.9 Å². The molecule has 1 heterocycles. The molecule has 5 nitrogen and oxygen atoms in total. The molecule has 7 heteroatoms. The van der Waals surface area contributed by atoms with Gasteiger partial charge in [0.25, 0.3) is 0 Å². The Morgan fingerprint density at radius 1 is 1.18 bits per heavy atom. The zero-order valence-corrected chi connectivity index (χ0v) is 16.6. The fourth-order valence-electron chi connectivity index (χ4n) is 2.61. The molecule has 2 aromatic carbocycles. The highest BCUT2D eigenvalue weighted by atomic mass is 35.5. The lowest BCUT2D eigenvalue weighted by atomic mass is 10.1. The highest BCUT2D eigenvalue weighted by Crippen LogP contribution is 2.23. The van der Waals surface area contributed by atoms with Gasteiger partial charge in [-0.05, 0) is 74.4 Å². The van der Waals surface area contributed by atoms with Gasteiger partial charge in [0.1, 0.15) is 11.4 Å². The van der Waals surface area contributed by atoms with Crippen molar-refractivity contribution in [3.63, 3.8) is 0 Å². The minimum atomic E-state index is -0.590. The molecule has 0 atom stereocenters. The molecule has 3 aromatic rings. The highest BCUT2D eigenvalue weighted by molar-refractivity contribution is 6.30. The summed E-state index contributed by atoms with van der Waals surface area (Å²) in [6.07, 6.45) is 2.92. The Kier molecular flexibility index (Phi) is 5.70. The molecule has 1 aromatic heterocycles. The molecule has 0 spiro atoms. The Labute approximate surface area is 168 Å². The average Bonchev–Trinajstić information content (AvgIpc) is 3.09. The fraction of sp³-hybridized carbons (Fsp3) is 0.238. The minimum absolute atomic E-state index is 0.158. The molecule has 0 aliphatic rings. The predicted molar refractivity (Wildman–Crippen MR) is 107 cm³/mol. The number of halogens is 2. The van der Waals surface area contributed by atoms with Crippen LogP contribution < -0.4 is 5.32 Å². The van der Waals surface area contributed by atoms with E-state index in [4.69, 9.17) is 16.3 Å². The van der Waals surface area contributed by atoms with E-state index in [0.29, 0.717) is 16.1 Å². The van der Waals surface area contributed by atoms with Gasteiger partial charge in [0.2, 0.25) is 0 Å². The van der Waals surface area contributed by atoms with Crippen molar-refractivity contribution in [2.24, 2.45) is 0 Å². The number of nitrogens with zero attached hydrogens (tertiary/aromatic N) is 2. The Morgan fingerprint density at radius 2 is 1.89 bits per heavy atom. The zero-order valence-electron chi connectivity index (χ0n) is 15.9. The maximum Gasteiger partial charge on any atom is 0.407 e. The number of ether oxygens (including phenoxy) is 1. The number of carbonyl (C=O) groups is 1. The van der Waals surface area contributed by atoms with Crippen molar-refractivity contribution in [2.45, 2.75) is 32.9 Å². The van der Waals surface area contributed by atoms with E-state index in [0.717, 1.165) is 11.3 Å². The second-order valence-electron chi connectivity index (χ2n) is 7.35. The second kappa shape index (κ2) is 8.02. The average molecular weight is 402 g/mol. The van der Waals surface area contributed by atoms with Crippen molar-refractivity contribution >= 4 is 17.7 Å². The van der Waals surface area contributed by atoms with Gasteiger partial charge in [0.15, 0.2) is 0 Å². The molecule has 0 unspecified atom stereocenters. The first-order valence-corrected chi connectivity index (χ1v) is 9.15. The van der Waals surface area contributed by atoms with Crippen LogP contribution in [0.1, 0.15) is 26.3 Å². The maximum absolute atomic E-state index is 14.1. The molecule has 0 aliphatic heterocycles. The normalized spacial score (nSPS) is 11.3. The third-order valence-corrected chi connectivity index (χ3v) is 4.05. The van der Waals surface area contributed by atoms with Crippen molar-refractivity contribution in [3.8, 4) is 16.8 Å². The molecule has 0 radical (unpaired) electrons. The number of hydrogen-bond donors (Lipinski definition) is 1. The highest BCUT2D eigenvalue weighted by Gasteiger charge is 2.16. The summed E-state index contributed by atoms with van der Waals surface area (Å²) in [5.74, 6) is -0.391. The van der Waals surface area contributed by atoms with E-state index in [-0.39, 0.29) is 6.54 Å². The molecule has 146 valence electrons. The Bertz CT molecular complexity index is 978. The summed E-state index contributed by atoms with van der Waals surface area (Å²) in [6, 6.07) is 11.9. The standard InChI is InChI=1S/C21H21ClFN3O2/c1-21(2,3)28-20(27)24-11-14-8-15(10-18(23)9-14)16-12-25-26(13-16)19-6-4-17(22)5-7-19/h4-10,12-13H,11H2,1-3H3,(H,24,27). The van der Waals surface area contributed by atoms with Gasteiger partial charge < -0.3 is 10.1 Å². The van der Waals surface area contributed by atoms with Crippen LogP contribution >= 0.6 is 11.6 Å². The first-order valence-electron chi connectivity index (χ1n) is 8.77. The third-order valence-electron chi connectivity index (χ3n) is 3.80. The maximum atomic E-state index is 14.1. The van der Waals surface area contributed by atoms with Crippen molar-refractivity contribution in [3.05, 3.63) is 71.3 Å². The van der Waals surface area contributed by atoms with E-state index in [1.807, 2.05) is 24.4 Å². The third kappa shape index (κ3) is 5.33. The lowest BCUT2D eigenvalue weighted by Gasteiger charge is -2.19. The molecule has 0 saturated carbocycles. The van der Waals surface area contributed by atoms with Gasteiger partial charge in [0.05, 0.1) is 11.9 Å². The van der Waals surface area contributed by atoms with Gasteiger partial charge in [-0.15, -0.1) is 0 Å². The van der Waals surface area contributed by atoms with Crippen LogP contribution in [-0.4, -0.2) is 21.5 Å². The van der Waals surface area contributed by atoms with Crippen molar-refractivity contribution < 1.29 is 13.9 Å². The summed E-state index contributed by atoms with van der Waals surface area (Å²) < 4.78 is 21.0. The van der Waals surface area contributed by atoms with Crippen LogP contribution in [0.2, 0.25) is 5.02 Å². The van der Waals surface area contributed by atoms with Crippen LogP contribution in [0, 0.1) is 5.82 Å². The van der Waals surface area contributed by atoms with Crippen LogP contribution in [0.3, 0.4) is 0 Å². The van der Waals surface area contributed by atoms with E-state index in [9.17, 15) is 9.18 Å². The van der Waals surface area contributed by atoms with Gasteiger partial charge in [-0.2, -0.15) is 5.10 Å². The molecular formula is C21H21ClFN3O2. The summed E-state index contributed by atoms with van der Waals surface area (Å²) in [6.45, 7) is 5.51.